The molecule has 0 aliphatic carbocycles. The molecule has 1 aliphatic rings. The molecular formula is C25H21N5. The standard InChI is InChI=1S/C25H21N5/c1-2-7-23-17(4-1)8-10-20(26-23)12-13-30-15-19-5-3-6-21(22(19)16-30)18-9-11-24-25(14-18)28-29-27-24/h1-11,14H,12-13,15-16H2,(H,27,28,29). The van der Waals surface area contributed by atoms with E-state index in [2.05, 4.69) is 81.0 Å². The average molecular weight is 391 g/mol. The lowest BCUT2D eigenvalue weighted by Crippen LogP contribution is -2.19. The summed E-state index contributed by atoms with van der Waals surface area (Å²) in [6, 6.07) is 25.6. The van der Waals surface area contributed by atoms with E-state index in [0.717, 1.165) is 48.3 Å². The third kappa shape index (κ3) is 3.04. The van der Waals surface area contributed by atoms with Crippen LogP contribution >= 0.6 is 0 Å². The molecule has 0 spiro atoms. The Morgan fingerprint density at radius 2 is 1.73 bits per heavy atom. The zero-order valence-electron chi connectivity index (χ0n) is 16.5. The van der Waals surface area contributed by atoms with E-state index in [9.17, 15) is 0 Å². The van der Waals surface area contributed by atoms with Crippen molar-refractivity contribution >= 4 is 21.9 Å². The van der Waals surface area contributed by atoms with Gasteiger partial charge in [0.1, 0.15) is 11.0 Å². The monoisotopic (exact) mass is 391 g/mol. The second-order valence-corrected chi connectivity index (χ2v) is 7.93. The Balaban J connectivity index is 1.22. The Morgan fingerprint density at radius 1 is 0.800 bits per heavy atom. The minimum Gasteiger partial charge on any atom is -0.294 e. The second kappa shape index (κ2) is 7.04. The molecule has 6 rings (SSSR count). The molecule has 5 nitrogen and oxygen atoms in total. The van der Waals surface area contributed by atoms with Gasteiger partial charge in [-0.15, -0.1) is 0 Å². The maximum Gasteiger partial charge on any atom is 0.113 e. The third-order valence-electron chi connectivity index (χ3n) is 6.02. The molecule has 2 aromatic heterocycles. The Bertz CT molecular complexity index is 1370. The summed E-state index contributed by atoms with van der Waals surface area (Å²) in [5, 5.41) is 12.3. The molecule has 0 amide bonds. The molecular weight excluding hydrogens is 370 g/mol. The van der Waals surface area contributed by atoms with E-state index in [4.69, 9.17) is 4.98 Å². The van der Waals surface area contributed by atoms with Gasteiger partial charge in [0, 0.05) is 37.1 Å². The lowest BCUT2D eigenvalue weighted by atomic mass is 9.97. The SMILES string of the molecule is c1cc2c(c(-c3ccc4n[nH]nc4c3)c1)CN(CCc1ccc3ccccc3n1)C2. The predicted octanol–water partition coefficient (Wildman–Crippen LogP) is 4.73. The summed E-state index contributed by atoms with van der Waals surface area (Å²) in [6.45, 7) is 2.96. The van der Waals surface area contributed by atoms with Crippen molar-refractivity contribution in [3.05, 3.63) is 89.6 Å². The van der Waals surface area contributed by atoms with Gasteiger partial charge in [-0.2, -0.15) is 15.4 Å². The molecule has 1 aliphatic heterocycles. The molecule has 0 atom stereocenters. The number of aromatic amines is 1. The molecule has 1 N–H and O–H groups in total. The first-order valence-corrected chi connectivity index (χ1v) is 10.3. The van der Waals surface area contributed by atoms with Crippen molar-refractivity contribution in [2.75, 3.05) is 6.54 Å². The van der Waals surface area contributed by atoms with Crippen molar-refractivity contribution in [3.8, 4) is 11.1 Å². The van der Waals surface area contributed by atoms with Crippen molar-refractivity contribution in [3.63, 3.8) is 0 Å². The quantitative estimate of drug-likeness (QED) is 0.481. The third-order valence-corrected chi connectivity index (χ3v) is 6.02. The van der Waals surface area contributed by atoms with E-state index in [1.807, 2.05) is 12.1 Å². The fourth-order valence-electron chi connectivity index (χ4n) is 4.45. The van der Waals surface area contributed by atoms with E-state index in [1.165, 1.54) is 27.6 Å². The van der Waals surface area contributed by atoms with E-state index in [0.29, 0.717) is 0 Å². The van der Waals surface area contributed by atoms with Crippen molar-refractivity contribution in [2.24, 2.45) is 0 Å². The van der Waals surface area contributed by atoms with Gasteiger partial charge < -0.3 is 0 Å². The first-order valence-electron chi connectivity index (χ1n) is 10.3. The van der Waals surface area contributed by atoms with Gasteiger partial charge in [-0.1, -0.05) is 48.5 Å². The highest BCUT2D eigenvalue weighted by molar-refractivity contribution is 5.82. The highest BCUT2D eigenvalue weighted by Gasteiger charge is 2.22. The summed E-state index contributed by atoms with van der Waals surface area (Å²) in [7, 11) is 0. The van der Waals surface area contributed by atoms with Gasteiger partial charge in [-0.3, -0.25) is 9.88 Å². The van der Waals surface area contributed by atoms with E-state index >= 15 is 0 Å². The van der Waals surface area contributed by atoms with E-state index in [-0.39, 0.29) is 0 Å². The normalized spacial score (nSPS) is 13.9. The average Bonchev–Trinajstić information content (AvgIpc) is 3.43. The lowest BCUT2D eigenvalue weighted by Gasteiger charge is -2.15. The fraction of sp³-hybridized carbons (Fsp3) is 0.160. The molecule has 5 aromatic rings. The zero-order valence-corrected chi connectivity index (χ0v) is 16.5. The largest absolute Gasteiger partial charge is 0.294 e. The van der Waals surface area contributed by atoms with Gasteiger partial charge in [0.05, 0.1) is 5.52 Å². The predicted molar refractivity (Wildman–Crippen MR) is 119 cm³/mol. The van der Waals surface area contributed by atoms with E-state index < -0.39 is 0 Å². The number of fused-ring (bicyclic) bond motifs is 3. The molecule has 0 saturated carbocycles. The topological polar surface area (TPSA) is 57.7 Å². The summed E-state index contributed by atoms with van der Waals surface area (Å²) in [5.41, 5.74) is 9.37. The lowest BCUT2D eigenvalue weighted by molar-refractivity contribution is 0.287. The Morgan fingerprint density at radius 3 is 2.73 bits per heavy atom. The Labute approximate surface area is 174 Å². The minimum absolute atomic E-state index is 0.899. The summed E-state index contributed by atoms with van der Waals surface area (Å²) < 4.78 is 0. The molecule has 0 fully saturated rings. The Hall–Kier alpha value is -3.57. The van der Waals surface area contributed by atoms with Crippen LogP contribution in [0.15, 0.2) is 72.8 Å². The van der Waals surface area contributed by atoms with Crippen LogP contribution in [0.2, 0.25) is 0 Å². The maximum atomic E-state index is 4.83. The number of nitrogens with zero attached hydrogens (tertiary/aromatic N) is 4. The second-order valence-electron chi connectivity index (χ2n) is 7.93. The molecule has 0 bridgehead atoms. The molecule has 30 heavy (non-hydrogen) atoms. The van der Waals surface area contributed by atoms with Crippen LogP contribution in [0, 0.1) is 0 Å². The highest BCUT2D eigenvalue weighted by Crippen LogP contribution is 2.33. The van der Waals surface area contributed by atoms with Gasteiger partial charge in [0.15, 0.2) is 0 Å². The summed E-state index contributed by atoms with van der Waals surface area (Å²) in [5.74, 6) is 0. The molecule has 0 unspecified atom stereocenters. The first kappa shape index (κ1) is 17.3. The smallest absolute Gasteiger partial charge is 0.113 e. The highest BCUT2D eigenvalue weighted by atomic mass is 15.3. The molecule has 3 aromatic carbocycles. The van der Waals surface area contributed by atoms with E-state index in [1.54, 1.807) is 0 Å². The van der Waals surface area contributed by atoms with Crippen LogP contribution in [0.4, 0.5) is 0 Å². The van der Waals surface area contributed by atoms with Gasteiger partial charge >= 0.3 is 0 Å². The number of H-pyrrole nitrogens is 1. The van der Waals surface area contributed by atoms with Crippen molar-refractivity contribution in [2.45, 2.75) is 19.5 Å². The van der Waals surface area contributed by atoms with Crippen LogP contribution in [0.5, 0.6) is 0 Å². The summed E-state index contributed by atoms with van der Waals surface area (Å²) in [6.07, 6.45) is 0.957. The minimum atomic E-state index is 0.899. The number of aromatic nitrogens is 4. The zero-order chi connectivity index (χ0) is 19.9. The van der Waals surface area contributed by atoms with Crippen LogP contribution in [-0.2, 0) is 19.5 Å². The number of rotatable bonds is 4. The summed E-state index contributed by atoms with van der Waals surface area (Å²) >= 11 is 0. The number of pyridine rings is 1. The van der Waals surface area contributed by atoms with Crippen LogP contribution in [0.25, 0.3) is 33.1 Å². The molecule has 3 heterocycles. The molecule has 0 saturated heterocycles. The van der Waals surface area contributed by atoms with Crippen LogP contribution in [-0.4, -0.2) is 31.8 Å². The van der Waals surface area contributed by atoms with Gasteiger partial charge in [0.25, 0.3) is 0 Å². The Kier molecular flexibility index (Phi) is 4.06. The fourth-order valence-corrected chi connectivity index (χ4v) is 4.45. The van der Waals surface area contributed by atoms with Crippen molar-refractivity contribution < 1.29 is 0 Å². The molecule has 0 radical (unpaired) electrons. The van der Waals surface area contributed by atoms with Crippen LogP contribution in [0.3, 0.4) is 0 Å². The number of hydrogen-bond donors (Lipinski definition) is 1. The number of hydrogen-bond acceptors (Lipinski definition) is 4. The molecule has 146 valence electrons. The molecule has 5 heteroatoms. The van der Waals surface area contributed by atoms with Crippen molar-refractivity contribution in [1.82, 2.24) is 25.3 Å². The van der Waals surface area contributed by atoms with Crippen molar-refractivity contribution in [1.29, 1.82) is 0 Å². The first-order chi connectivity index (χ1) is 14.8. The van der Waals surface area contributed by atoms with Gasteiger partial charge in [-0.25, -0.2) is 0 Å². The van der Waals surface area contributed by atoms with Crippen LogP contribution < -0.4 is 0 Å². The maximum absolute atomic E-state index is 4.83. The summed E-state index contributed by atoms with van der Waals surface area (Å²) in [4.78, 5) is 7.35. The van der Waals surface area contributed by atoms with Gasteiger partial charge in [0.2, 0.25) is 0 Å². The van der Waals surface area contributed by atoms with Gasteiger partial charge in [-0.05, 0) is 46.5 Å². The number of para-hydroxylation sites is 1. The number of nitrogens with one attached hydrogen (secondary N) is 1. The van der Waals surface area contributed by atoms with Crippen LogP contribution in [0.1, 0.15) is 16.8 Å². The number of benzene rings is 3.